The van der Waals surface area contributed by atoms with Gasteiger partial charge in [0.05, 0.1) is 4.90 Å². The lowest BCUT2D eigenvalue weighted by atomic mass is 10.0. The van der Waals surface area contributed by atoms with Crippen molar-refractivity contribution in [1.29, 1.82) is 0 Å². The second-order valence-electron chi connectivity index (χ2n) is 6.79. The van der Waals surface area contributed by atoms with Crippen molar-refractivity contribution < 1.29 is 13.2 Å². The summed E-state index contributed by atoms with van der Waals surface area (Å²) in [6.07, 6.45) is 2.51. The van der Waals surface area contributed by atoms with E-state index in [2.05, 4.69) is 5.32 Å². The lowest BCUT2D eigenvalue weighted by Gasteiger charge is -2.34. The van der Waals surface area contributed by atoms with Gasteiger partial charge in [0.15, 0.2) is 0 Å². The van der Waals surface area contributed by atoms with Crippen LogP contribution in [0.4, 0.5) is 5.69 Å². The van der Waals surface area contributed by atoms with E-state index < -0.39 is 10.0 Å². The summed E-state index contributed by atoms with van der Waals surface area (Å²) in [4.78, 5) is 12.8. The quantitative estimate of drug-likeness (QED) is 0.808. The van der Waals surface area contributed by atoms with Crippen LogP contribution in [0.1, 0.15) is 31.2 Å². The van der Waals surface area contributed by atoms with Crippen LogP contribution in [0.5, 0.6) is 0 Å². The highest BCUT2D eigenvalue weighted by Crippen LogP contribution is 2.27. The van der Waals surface area contributed by atoms with E-state index >= 15 is 0 Å². The number of carbonyl (C=O) groups is 1. The van der Waals surface area contributed by atoms with Gasteiger partial charge in [-0.15, -0.1) is 0 Å². The predicted octanol–water partition coefficient (Wildman–Crippen LogP) is 4.22. The second-order valence-corrected chi connectivity index (χ2v) is 9.09. The van der Waals surface area contributed by atoms with Gasteiger partial charge in [0, 0.05) is 29.7 Å². The number of carbonyl (C=O) groups excluding carboxylic acids is 1. The van der Waals surface area contributed by atoms with Gasteiger partial charge in [-0.25, -0.2) is 8.42 Å². The van der Waals surface area contributed by atoms with Crippen LogP contribution in [-0.4, -0.2) is 31.2 Å². The van der Waals surface area contributed by atoms with Crippen LogP contribution in [0.3, 0.4) is 0 Å². The number of hydrogen-bond acceptors (Lipinski definition) is 3. The molecule has 0 spiro atoms. The summed E-state index contributed by atoms with van der Waals surface area (Å²) >= 11 is 6.10. The monoisotopic (exact) mass is 406 g/mol. The number of nitrogens with one attached hydrogen (secondary N) is 1. The Hall–Kier alpha value is -1.89. The Labute approximate surface area is 165 Å². The molecule has 1 amide bonds. The molecule has 2 aromatic carbocycles. The number of amides is 1. The van der Waals surface area contributed by atoms with Gasteiger partial charge in [0.1, 0.15) is 0 Å². The Morgan fingerprint density at radius 1 is 1.19 bits per heavy atom. The molecule has 0 saturated carbocycles. The molecule has 3 rings (SSSR count). The predicted molar refractivity (Wildman–Crippen MR) is 107 cm³/mol. The number of anilines is 1. The summed E-state index contributed by atoms with van der Waals surface area (Å²) in [6.45, 7) is 2.33. The average Bonchev–Trinajstić information content (AvgIpc) is 2.66. The van der Waals surface area contributed by atoms with Gasteiger partial charge in [0.2, 0.25) is 15.9 Å². The minimum atomic E-state index is -3.61. The molecular weight excluding hydrogens is 384 g/mol. The van der Waals surface area contributed by atoms with E-state index in [4.69, 9.17) is 11.6 Å². The largest absolute Gasteiger partial charge is 0.326 e. The molecule has 1 fully saturated rings. The fourth-order valence-corrected chi connectivity index (χ4v) is 5.21. The van der Waals surface area contributed by atoms with E-state index in [0.29, 0.717) is 23.7 Å². The molecule has 1 N–H and O–H groups in total. The molecule has 0 aliphatic carbocycles. The Balaban J connectivity index is 1.73. The highest BCUT2D eigenvalue weighted by molar-refractivity contribution is 7.89. The molecule has 1 atom stereocenters. The van der Waals surface area contributed by atoms with Crippen molar-refractivity contribution in [3.63, 3.8) is 0 Å². The van der Waals surface area contributed by atoms with Crippen LogP contribution in [-0.2, 0) is 14.8 Å². The summed E-state index contributed by atoms with van der Waals surface area (Å²) in [5.74, 6) is -0.213. The highest BCUT2D eigenvalue weighted by atomic mass is 35.5. The Morgan fingerprint density at radius 3 is 2.63 bits per heavy atom. The third-order valence-corrected chi connectivity index (χ3v) is 7.17. The Bertz CT molecular complexity index is 916. The molecule has 27 heavy (non-hydrogen) atoms. The van der Waals surface area contributed by atoms with Gasteiger partial charge in [-0.1, -0.05) is 42.3 Å². The molecule has 7 heteroatoms. The molecular formula is C20H23ClN2O3S. The van der Waals surface area contributed by atoms with E-state index in [0.717, 1.165) is 18.4 Å². The molecule has 5 nitrogen and oxygen atoms in total. The molecule has 0 radical (unpaired) electrons. The van der Waals surface area contributed by atoms with Gasteiger partial charge in [-0.2, -0.15) is 4.31 Å². The third kappa shape index (κ3) is 4.69. The van der Waals surface area contributed by atoms with Crippen molar-refractivity contribution in [2.75, 3.05) is 11.9 Å². The summed E-state index contributed by atoms with van der Waals surface area (Å²) in [5.41, 5.74) is 1.55. The van der Waals surface area contributed by atoms with Crippen LogP contribution >= 0.6 is 11.6 Å². The molecule has 1 saturated heterocycles. The first-order valence-electron chi connectivity index (χ1n) is 9.01. The van der Waals surface area contributed by atoms with Crippen LogP contribution in [0.15, 0.2) is 53.4 Å². The van der Waals surface area contributed by atoms with Crippen molar-refractivity contribution in [1.82, 2.24) is 4.31 Å². The first-order valence-corrected chi connectivity index (χ1v) is 10.8. The fraction of sp³-hybridized carbons (Fsp3) is 0.350. The van der Waals surface area contributed by atoms with Gasteiger partial charge >= 0.3 is 0 Å². The molecule has 1 heterocycles. The number of aryl methyl sites for hydroxylation is 1. The zero-order valence-electron chi connectivity index (χ0n) is 15.2. The summed E-state index contributed by atoms with van der Waals surface area (Å²) in [7, 11) is -3.61. The van der Waals surface area contributed by atoms with Crippen LogP contribution in [0.2, 0.25) is 5.02 Å². The molecule has 144 valence electrons. The number of sulfonamides is 1. The SMILES string of the molecule is Cc1ccc(NC(=O)C[C@@H]2CCCCN2S(=O)(=O)c2ccccc2)cc1Cl. The topological polar surface area (TPSA) is 66.5 Å². The number of halogens is 1. The normalized spacial score (nSPS) is 18.2. The third-order valence-electron chi connectivity index (χ3n) is 4.80. The van der Waals surface area contributed by atoms with E-state index in [1.807, 2.05) is 13.0 Å². The number of hydrogen-bond donors (Lipinski definition) is 1. The van der Waals surface area contributed by atoms with Crippen molar-refractivity contribution in [3.05, 3.63) is 59.1 Å². The van der Waals surface area contributed by atoms with Crippen molar-refractivity contribution in [2.45, 2.75) is 43.5 Å². The van der Waals surface area contributed by atoms with E-state index in [1.165, 1.54) is 4.31 Å². The molecule has 2 aromatic rings. The highest BCUT2D eigenvalue weighted by Gasteiger charge is 2.34. The van der Waals surface area contributed by atoms with Crippen LogP contribution in [0, 0.1) is 6.92 Å². The van der Waals surface area contributed by atoms with Gasteiger partial charge in [-0.3, -0.25) is 4.79 Å². The van der Waals surface area contributed by atoms with E-state index in [9.17, 15) is 13.2 Å². The minimum Gasteiger partial charge on any atom is -0.326 e. The molecule has 1 aliphatic rings. The lowest BCUT2D eigenvalue weighted by molar-refractivity contribution is -0.117. The molecule has 0 aromatic heterocycles. The maximum Gasteiger partial charge on any atom is 0.243 e. The first-order chi connectivity index (χ1) is 12.9. The van der Waals surface area contributed by atoms with Crippen molar-refractivity contribution in [2.24, 2.45) is 0 Å². The second kappa shape index (κ2) is 8.42. The number of nitrogens with zero attached hydrogens (tertiary/aromatic N) is 1. The minimum absolute atomic E-state index is 0.123. The first kappa shape index (κ1) is 19.9. The lowest BCUT2D eigenvalue weighted by Crippen LogP contribution is -2.45. The maximum absolute atomic E-state index is 13.0. The number of piperidine rings is 1. The van der Waals surface area contributed by atoms with E-state index in [-0.39, 0.29) is 23.3 Å². The van der Waals surface area contributed by atoms with Crippen molar-refractivity contribution in [3.8, 4) is 0 Å². The van der Waals surface area contributed by atoms with Gasteiger partial charge in [-0.05, 0) is 49.6 Å². The summed E-state index contributed by atoms with van der Waals surface area (Å²) in [6, 6.07) is 13.4. The van der Waals surface area contributed by atoms with Gasteiger partial charge < -0.3 is 5.32 Å². The van der Waals surface area contributed by atoms with Crippen molar-refractivity contribution >= 4 is 33.2 Å². The number of benzene rings is 2. The average molecular weight is 407 g/mol. The smallest absolute Gasteiger partial charge is 0.243 e. The van der Waals surface area contributed by atoms with Gasteiger partial charge in [0.25, 0.3) is 0 Å². The standard InChI is InChI=1S/C20H23ClN2O3S/c1-15-10-11-16(13-19(15)21)22-20(24)14-17-7-5-6-12-23(17)27(25,26)18-8-3-2-4-9-18/h2-4,8-11,13,17H,5-7,12,14H2,1H3,(H,22,24)/t17-/m0/s1. The molecule has 1 aliphatic heterocycles. The Morgan fingerprint density at radius 2 is 1.93 bits per heavy atom. The maximum atomic E-state index is 13.0. The summed E-state index contributed by atoms with van der Waals surface area (Å²) < 4.78 is 27.5. The Kier molecular flexibility index (Phi) is 6.19. The molecule has 0 unspecified atom stereocenters. The van der Waals surface area contributed by atoms with Crippen LogP contribution < -0.4 is 5.32 Å². The zero-order valence-corrected chi connectivity index (χ0v) is 16.8. The van der Waals surface area contributed by atoms with E-state index in [1.54, 1.807) is 42.5 Å². The summed E-state index contributed by atoms with van der Waals surface area (Å²) in [5, 5.41) is 3.41. The zero-order chi connectivity index (χ0) is 19.4. The number of rotatable bonds is 5. The molecule has 0 bridgehead atoms. The van der Waals surface area contributed by atoms with Crippen LogP contribution in [0.25, 0.3) is 0 Å². The fourth-order valence-electron chi connectivity index (χ4n) is 3.32.